The summed E-state index contributed by atoms with van der Waals surface area (Å²) >= 11 is 0. The van der Waals surface area contributed by atoms with E-state index in [0.717, 1.165) is 35.4 Å². The first kappa shape index (κ1) is 16.0. The lowest BCUT2D eigenvalue weighted by Crippen LogP contribution is -2.06. The van der Waals surface area contributed by atoms with E-state index < -0.39 is 0 Å². The fraction of sp³-hybridized carbons (Fsp3) is 0.200. The molecule has 0 bridgehead atoms. The molecule has 0 radical (unpaired) electrons. The molecule has 4 nitrogen and oxygen atoms in total. The Balaban J connectivity index is 1.83. The van der Waals surface area contributed by atoms with Crippen LogP contribution in [0.15, 0.2) is 72.2 Å². The highest BCUT2D eigenvalue weighted by Gasteiger charge is 2.11. The summed E-state index contributed by atoms with van der Waals surface area (Å²) in [6.07, 6.45) is 6.46. The molecule has 0 fully saturated rings. The number of benzene rings is 2. The van der Waals surface area contributed by atoms with Gasteiger partial charge in [0.25, 0.3) is 0 Å². The number of aliphatic imine (C=N–C) groups is 1. The molecule has 4 heteroatoms. The molecule has 1 aromatic heterocycles. The smallest absolute Gasteiger partial charge is 0.125 e. The van der Waals surface area contributed by atoms with E-state index in [1.807, 2.05) is 66.5 Å². The van der Waals surface area contributed by atoms with Crippen molar-refractivity contribution in [2.45, 2.75) is 19.9 Å². The van der Waals surface area contributed by atoms with Gasteiger partial charge in [0.1, 0.15) is 5.75 Å². The van der Waals surface area contributed by atoms with Crippen LogP contribution in [0, 0.1) is 6.92 Å². The Morgan fingerprint density at radius 3 is 2.71 bits per heavy atom. The van der Waals surface area contributed by atoms with Crippen molar-refractivity contribution in [1.29, 1.82) is 0 Å². The lowest BCUT2D eigenvalue weighted by molar-refractivity contribution is 0.473. The Morgan fingerprint density at radius 1 is 1.17 bits per heavy atom. The second kappa shape index (κ2) is 7.59. The average molecular weight is 319 g/mol. The zero-order chi connectivity index (χ0) is 16.8. The van der Waals surface area contributed by atoms with Crippen LogP contribution in [0.1, 0.15) is 23.1 Å². The second-order valence-electron chi connectivity index (χ2n) is 5.77. The molecule has 3 rings (SSSR count). The Labute approximate surface area is 142 Å². The molecule has 0 aliphatic carbocycles. The number of rotatable bonds is 6. The van der Waals surface area contributed by atoms with Crippen LogP contribution in [0.3, 0.4) is 0 Å². The molecule has 122 valence electrons. The van der Waals surface area contributed by atoms with Gasteiger partial charge in [0.2, 0.25) is 0 Å². The predicted octanol–water partition coefficient (Wildman–Crippen LogP) is 3.82. The minimum Gasteiger partial charge on any atom is -0.507 e. The van der Waals surface area contributed by atoms with Gasteiger partial charge in [0.05, 0.1) is 12.0 Å². The Kier molecular flexibility index (Phi) is 5.06. The minimum atomic E-state index is 0.271. The number of phenolic OH excluding ortho intramolecular Hbond substituents is 1. The van der Waals surface area contributed by atoms with Gasteiger partial charge in [-0.3, -0.25) is 4.99 Å². The van der Waals surface area contributed by atoms with E-state index in [-0.39, 0.29) is 5.75 Å². The fourth-order valence-electron chi connectivity index (χ4n) is 2.63. The first-order chi connectivity index (χ1) is 11.7. The number of aromatic hydroxyl groups is 1. The van der Waals surface area contributed by atoms with Crippen LogP contribution in [-0.4, -0.2) is 26.9 Å². The molecule has 0 spiro atoms. The predicted molar refractivity (Wildman–Crippen MR) is 96.6 cm³/mol. The first-order valence-electron chi connectivity index (χ1n) is 8.09. The molecule has 0 saturated carbocycles. The van der Waals surface area contributed by atoms with Crippen LogP contribution >= 0.6 is 0 Å². The number of imidazole rings is 1. The molecule has 3 aromatic rings. The number of hydrogen-bond donors (Lipinski definition) is 1. The van der Waals surface area contributed by atoms with Crippen molar-refractivity contribution < 1.29 is 5.11 Å². The quantitative estimate of drug-likeness (QED) is 0.554. The summed E-state index contributed by atoms with van der Waals surface area (Å²) in [6.45, 7) is 3.54. The Bertz CT molecular complexity index is 808. The first-order valence-corrected chi connectivity index (χ1v) is 8.09. The molecule has 2 aromatic carbocycles. The topological polar surface area (TPSA) is 50.4 Å². The van der Waals surface area contributed by atoms with Gasteiger partial charge in [-0.2, -0.15) is 0 Å². The van der Waals surface area contributed by atoms with E-state index in [4.69, 9.17) is 4.99 Å². The molecule has 0 atom stereocenters. The van der Waals surface area contributed by atoms with Crippen LogP contribution < -0.4 is 0 Å². The van der Waals surface area contributed by atoms with Gasteiger partial charge in [0.15, 0.2) is 0 Å². The normalized spacial score (nSPS) is 11.6. The van der Waals surface area contributed by atoms with Gasteiger partial charge in [-0.1, -0.05) is 36.4 Å². The number of nitrogens with zero attached hydrogens (tertiary/aromatic N) is 3. The lowest BCUT2D eigenvalue weighted by Gasteiger charge is -2.10. The fourth-order valence-corrected chi connectivity index (χ4v) is 2.63. The highest BCUT2D eigenvalue weighted by atomic mass is 16.3. The third-order valence-electron chi connectivity index (χ3n) is 3.86. The molecule has 0 unspecified atom stereocenters. The van der Waals surface area contributed by atoms with Crippen LogP contribution in [0.25, 0.3) is 0 Å². The summed E-state index contributed by atoms with van der Waals surface area (Å²) < 4.78 is 2.04. The standard InChI is InChI=1S/C20H21N3O/c1-16-8-9-18(19(24)14-16)20(17-6-3-2-4-7-17)22-10-5-12-23-13-11-21-15-23/h2-4,6-9,11,13-15,24H,5,10,12H2,1H3/b22-20-. The average Bonchev–Trinajstić information content (AvgIpc) is 3.10. The molecule has 0 amide bonds. The van der Waals surface area contributed by atoms with Gasteiger partial charge in [-0.25, -0.2) is 4.98 Å². The third-order valence-corrected chi connectivity index (χ3v) is 3.86. The Hall–Kier alpha value is -2.88. The zero-order valence-electron chi connectivity index (χ0n) is 13.8. The maximum absolute atomic E-state index is 10.3. The molecule has 0 aliphatic heterocycles. The summed E-state index contributed by atoms with van der Waals surface area (Å²) in [4.78, 5) is 8.82. The zero-order valence-corrected chi connectivity index (χ0v) is 13.8. The van der Waals surface area contributed by atoms with Crippen molar-refractivity contribution in [3.8, 4) is 5.75 Å². The van der Waals surface area contributed by atoms with Crippen molar-refractivity contribution in [2.75, 3.05) is 6.54 Å². The SMILES string of the molecule is Cc1ccc(/C(=N\CCCn2ccnc2)c2ccccc2)c(O)c1. The lowest BCUT2D eigenvalue weighted by atomic mass is 10.00. The van der Waals surface area contributed by atoms with Crippen LogP contribution in [0.2, 0.25) is 0 Å². The van der Waals surface area contributed by atoms with Crippen molar-refractivity contribution in [2.24, 2.45) is 4.99 Å². The molecular formula is C20H21N3O. The Morgan fingerprint density at radius 2 is 2.00 bits per heavy atom. The van der Waals surface area contributed by atoms with Crippen molar-refractivity contribution in [3.05, 3.63) is 83.9 Å². The van der Waals surface area contributed by atoms with Crippen molar-refractivity contribution in [3.63, 3.8) is 0 Å². The number of hydrogen-bond acceptors (Lipinski definition) is 3. The van der Waals surface area contributed by atoms with Gasteiger partial charge < -0.3 is 9.67 Å². The van der Waals surface area contributed by atoms with E-state index in [1.165, 1.54) is 0 Å². The monoisotopic (exact) mass is 319 g/mol. The number of phenols is 1. The number of aryl methyl sites for hydroxylation is 2. The van der Waals surface area contributed by atoms with Gasteiger partial charge in [-0.05, 0) is 31.0 Å². The maximum Gasteiger partial charge on any atom is 0.125 e. The van der Waals surface area contributed by atoms with Crippen LogP contribution in [0.5, 0.6) is 5.75 Å². The van der Waals surface area contributed by atoms with Gasteiger partial charge in [-0.15, -0.1) is 0 Å². The van der Waals surface area contributed by atoms with E-state index in [9.17, 15) is 5.11 Å². The van der Waals surface area contributed by atoms with Crippen molar-refractivity contribution in [1.82, 2.24) is 9.55 Å². The van der Waals surface area contributed by atoms with E-state index in [0.29, 0.717) is 6.54 Å². The van der Waals surface area contributed by atoms with Gasteiger partial charge in [0, 0.05) is 36.6 Å². The molecule has 1 N–H and O–H groups in total. The summed E-state index contributed by atoms with van der Waals surface area (Å²) in [5, 5.41) is 10.3. The second-order valence-corrected chi connectivity index (χ2v) is 5.77. The van der Waals surface area contributed by atoms with Crippen molar-refractivity contribution >= 4 is 5.71 Å². The summed E-state index contributed by atoms with van der Waals surface area (Å²) in [5.74, 6) is 0.271. The largest absolute Gasteiger partial charge is 0.507 e. The highest BCUT2D eigenvalue weighted by Crippen LogP contribution is 2.22. The van der Waals surface area contributed by atoms with Crippen LogP contribution in [0.4, 0.5) is 0 Å². The summed E-state index contributed by atoms with van der Waals surface area (Å²) in [7, 11) is 0. The summed E-state index contributed by atoms with van der Waals surface area (Å²) in [6, 6.07) is 15.7. The minimum absolute atomic E-state index is 0.271. The van der Waals surface area contributed by atoms with E-state index in [2.05, 4.69) is 4.98 Å². The molecule has 24 heavy (non-hydrogen) atoms. The highest BCUT2D eigenvalue weighted by molar-refractivity contribution is 6.14. The summed E-state index contributed by atoms with van der Waals surface area (Å²) in [5.41, 5.74) is 3.65. The van der Waals surface area contributed by atoms with Crippen LogP contribution in [-0.2, 0) is 6.54 Å². The molecule has 1 heterocycles. The molecular weight excluding hydrogens is 298 g/mol. The van der Waals surface area contributed by atoms with E-state index in [1.54, 1.807) is 12.3 Å². The number of aromatic nitrogens is 2. The third kappa shape index (κ3) is 3.90. The van der Waals surface area contributed by atoms with Gasteiger partial charge >= 0.3 is 0 Å². The molecule has 0 saturated heterocycles. The molecule has 0 aliphatic rings. The van der Waals surface area contributed by atoms with E-state index >= 15 is 0 Å². The maximum atomic E-state index is 10.3.